The summed E-state index contributed by atoms with van der Waals surface area (Å²) in [4.78, 5) is 32.4. The minimum atomic E-state index is -0.704. The number of fused-ring (bicyclic) bond motifs is 2. The summed E-state index contributed by atoms with van der Waals surface area (Å²) in [6.45, 7) is 2.02. The van der Waals surface area contributed by atoms with Crippen LogP contribution in [0.1, 0.15) is 40.4 Å². The van der Waals surface area contributed by atoms with E-state index in [2.05, 4.69) is 25.6 Å². The number of carbonyl (C=O) groups is 2. The lowest BCUT2D eigenvalue weighted by Gasteiger charge is -2.20. The summed E-state index contributed by atoms with van der Waals surface area (Å²) in [5, 5.41) is 10.5. The zero-order chi connectivity index (χ0) is 24.8. The minimum absolute atomic E-state index is 0.175. The zero-order valence-electron chi connectivity index (χ0n) is 19.2. The minimum Gasteiger partial charge on any atom is -0.341 e. The molecule has 0 bridgehead atoms. The van der Waals surface area contributed by atoms with E-state index in [9.17, 15) is 14.0 Å². The van der Waals surface area contributed by atoms with Crippen molar-refractivity contribution in [2.75, 3.05) is 25.0 Å². The van der Waals surface area contributed by atoms with Crippen molar-refractivity contribution in [3.05, 3.63) is 82.5 Å². The molecule has 0 aliphatic carbocycles. The number of amides is 2. The van der Waals surface area contributed by atoms with Crippen molar-refractivity contribution >= 4 is 34.7 Å². The molecule has 1 unspecified atom stereocenters. The van der Waals surface area contributed by atoms with Gasteiger partial charge in [-0.15, -0.1) is 0 Å². The van der Waals surface area contributed by atoms with Crippen LogP contribution < -0.4 is 10.6 Å². The van der Waals surface area contributed by atoms with Gasteiger partial charge in [0.1, 0.15) is 12.1 Å². The molecule has 1 fully saturated rings. The summed E-state index contributed by atoms with van der Waals surface area (Å²) in [5.74, 6) is -0.963. The Morgan fingerprint density at radius 2 is 1.97 bits per heavy atom. The number of hydrogen-bond donors (Lipinski definition) is 2. The first-order valence-corrected chi connectivity index (χ1v) is 12.1. The smallest absolute Gasteiger partial charge is 0.252 e. The highest BCUT2D eigenvalue weighted by Gasteiger charge is 2.35. The van der Waals surface area contributed by atoms with E-state index in [0.29, 0.717) is 33.0 Å². The highest BCUT2D eigenvalue weighted by atomic mass is 35.5. The number of hydrogen-bond acceptors (Lipinski definition) is 5. The fourth-order valence-electron chi connectivity index (χ4n) is 4.99. The van der Waals surface area contributed by atoms with Gasteiger partial charge in [-0.05, 0) is 74.0 Å². The number of halogens is 2. The van der Waals surface area contributed by atoms with E-state index in [-0.39, 0.29) is 18.4 Å². The van der Waals surface area contributed by atoms with E-state index >= 15 is 0 Å². The van der Waals surface area contributed by atoms with Crippen LogP contribution in [0.15, 0.2) is 55.0 Å². The molecule has 2 aliphatic heterocycles. The summed E-state index contributed by atoms with van der Waals surface area (Å²) in [7, 11) is 0. The average Bonchev–Trinajstić information content (AvgIpc) is 3.61. The molecule has 36 heavy (non-hydrogen) atoms. The molecule has 4 aromatic rings. The van der Waals surface area contributed by atoms with Crippen LogP contribution in [0, 0.1) is 5.82 Å². The van der Waals surface area contributed by atoms with Crippen molar-refractivity contribution < 1.29 is 14.0 Å². The van der Waals surface area contributed by atoms with Gasteiger partial charge in [-0.2, -0.15) is 5.10 Å². The Labute approximate surface area is 211 Å². The molecular weight excluding hydrogens is 483 g/mol. The first kappa shape index (κ1) is 22.6. The first-order valence-electron chi connectivity index (χ1n) is 11.7. The molecule has 2 aliphatic rings. The van der Waals surface area contributed by atoms with Gasteiger partial charge in [0.15, 0.2) is 5.65 Å². The topological polar surface area (TPSA) is 91.6 Å². The van der Waals surface area contributed by atoms with Gasteiger partial charge in [-0.25, -0.2) is 13.9 Å². The monoisotopic (exact) mass is 504 g/mol. The van der Waals surface area contributed by atoms with Crippen LogP contribution in [0.25, 0.3) is 16.8 Å². The van der Waals surface area contributed by atoms with E-state index < -0.39 is 11.9 Å². The fourth-order valence-corrected chi connectivity index (χ4v) is 5.22. The predicted molar refractivity (Wildman–Crippen MR) is 133 cm³/mol. The van der Waals surface area contributed by atoms with Crippen LogP contribution in [-0.4, -0.2) is 50.9 Å². The maximum atomic E-state index is 14.1. The Kier molecular flexibility index (Phi) is 5.66. The molecule has 0 saturated carbocycles. The Balaban J connectivity index is 1.46. The molecule has 8 nitrogen and oxygen atoms in total. The maximum absolute atomic E-state index is 14.1. The third-order valence-electron chi connectivity index (χ3n) is 6.71. The second-order valence-electron chi connectivity index (χ2n) is 9.07. The van der Waals surface area contributed by atoms with Crippen LogP contribution >= 0.6 is 11.6 Å². The molecule has 1 atom stereocenters. The van der Waals surface area contributed by atoms with Gasteiger partial charge in [-0.3, -0.25) is 14.5 Å². The highest BCUT2D eigenvalue weighted by molar-refractivity contribution is 6.31. The Hall–Kier alpha value is -3.82. The van der Waals surface area contributed by atoms with E-state index in [4.69, 9.17) is 11.6 Å². The van der Waals surface area contributed by atoms with Crippen molar-refractivity contribution in [3.8, 4) is 11.1 Å². The zero-order valence-corrected chi connectivity index (χ0v) is 19.9. The normalized spacial score (nSPS) is 17.4. The molecule has 10 heteroatoms. The third-order valence-corrected chi connectivity index (χ3v) is 7.05. The van der Waals surface area contributed by atoms with Gasteiger partial charge in [0.05, 0.1) is 12.6 Å². The lowest BCUT2D eigenvalue weighted by Crippen LogP contribution is -2.31. The number of aromatic nitrogens is 3. The molecule has 2 N–H and O–H groups in total. The van der Waals surface area contributed by atoms with E-state index in [0.717, 1.165) is 37.1 Å². The van der Waals surface area contributed by atoms with Crippen molar-refractivity contribution in [1.29, 1.82) is 0 Å². The number of likely N-dealkylation sites (tertiary alicyclic amines) is 1. The van der Waals surface area contributed by atoms with Crippen molar-refractivity contribution in [3.63, 3.8) is 0 Å². The summed E-state index contributed by atoms with van der Waals surface area (Å²) in [5.41, 5.74) is 4.08. The van der Waals surface area contributed by atoms with Crippen molar-refractivity contribution in [2.45, 2.75) is 18.9 Å². The Morgan fingerprint density at radius 3 is 2.81 bits per heavy atom. The molecule has 0 radical (unpaired) electrons. The number of pyridine rings is 1. The third kappa shape index (κ3) is 4.10. The molecule has 182 valence electrons. The van der Waals surface area contributed by atoms with Gasteiger partial charge in [0, 0.05) is 39.2 Å². The number of nitrogens with one attached hydrogen (secondary N) is 2. The molecule has 2 aromatic carbocycles. The van der Waals surface area contributed by atoms with Crippen LogP contribution in [0.3, 0.4) is 0 Å². The lowest BCUT2D eigenvalue weighted by atomic mass is 9.93. The molecule has 2 aromatic heterocycles. The number of rotatable bonds is 5. The lowest BCUT2D eigenvalue weighted by molar-refractivity contribution is -0.117. The Morgan fingerprint density at radius 1 is 1.14 bits per heavy atom. The molecule has 2 amide bonds. The van der Waals surface area contributed by atoms with Gasteiger partial charge >= 0.3 is 0 Å². The van der Waals surface area contributed by atoms with Crippen LogP contribution in [0.4, 0.5) is 10.1 Å². The molecule has 0 spiro atoms. The van der Waals surface area contributed by atoms with Crippen molar-refractivity contribution in [1.82, 2.24) is 24.8 Å². The predicted octanol–water partition coefficient (Wildman–Crippen LogP) is 4.06. The largest absolute Gasteiger partial charge is 0.341 e. The quantitative estimate of drug-likeness (QED) is 0.428. The second-order valence-corrected chi connectivity index (χ2v) is 9.48. The molecule has 4 heterocycles. The molecule has 6 rings (SSSR count). The summed E-state index contributed by atoms with van der Waals surface area (Å²) < 4.78 is 15.8. The molecule has 1 saturated heterocycles. The molecular formula is C26H22ClFN6O2. The SMILES string of the molecule is O=C(CN1CCCC1)Nc1cc(-c2ccc3ncnn3c2)cc2c1C(c1cc(F)ccc1Cl)NC2=O. The van der Waals surface area contributed by atoms with E-state index in [1.54, 1.807) is 10.6 Å². The number of carbonyl (C=O) groups excluding carboxylic acids is 2. The van der Waals surface area contributed by atoms with Crippen LogP contribution in [0.5, 0.6) is 0 Å². The van der Waals surface area contributed by atoms with E-state index in [1.807, 2.05) is 24.4 Å². The summed E-state index contributed by atoms with van der Waals surface area (Å²) >= 11 is 6.41. The number of benzene rings is 2. The van der Waals surface area contributed by atoms with Crippen LogP contribution in [-0.2, 0) is 4.79 Å². The van der Waals surface area contributed by atoms with Gasteiger partial charge in [0.2, 0.25) is 5.91 Å². The first-order chi connectivity index (χ1) is 17.5. The second kappa shape index (κ2) is 9.00. The highest BCUT2D eigenvalue weighted by Crippen LogP contribution is 2.41. The Bertz CT molecular complexity index is 1510. The van der Waals surface area contributed by atoms with Crippen LogP contribution in [0.2, 0.25) is 5.02 Å². The fraction of sp³-hybridized carbons (Fsp3) is 0.231. The summed E-state index contributed by atoms with van der Waals surface area (Å²) in [6.07, 6.45) is 5.42. The van der Waals surface area contributed by atoms with Gasteiger partial charge in [0.25, 0.3) is 5.91 Å². The average molecular weight is 505 g/mol. The standard InChI is InChI=1S/C26H22ClFN6O2/c27-20-5-4-17(28)11-18(20)25-24-19(26(36)32-25)9-16(15-3-6-22-29-14-30-34(22)12-15)10-21(24)31-23(35)13-33-7-1-2-8-33/h3-6,9-12,14,25H,1-2,7-8,13H2,(H,31,35)(H,32,36). The van der Waals surface area contributed by atoms with Gasteiger partial charge in [-0.1, -0.05) is 11.6 Å². The number of nitrogens with zero attached hydrogens (tertiary/aromatic N) is 4. The number of anilines is 1. The van der Waals surface area contributed by atoms with Gasteiger partial charge < -0.3 is 10.6 Å². The summed E-state index contributed by atoms with van der Waals surface area (Å²) in [6, 6.07) is 10.7. The maximum Gasteiger partial charge on any atom is 0.252 e. The van der Waals surface area contributed by atoms with E-state index in [1.165, 1.54) is 24.5 Å². The van der Waals surface area contributed by atoms with Crippen molar-refractivity contribution in [2.24, 2.45) is 0 Å².